The number of hydrogen-bond donors (Lipinski definition) is 1. The average Bonchev–Trinajstić information content (AvgIpc) is 3.65. The van der Waals surface area contributed by atoms with E-state index in [0.29, 0.717) is 9.87 Å². The Labute approximate surface area is 265 Å². The van der Waals surface area contributed by atoms with Crippen molar-refractivity contribution in [3.8, 4) is 39.7 Å². The molecule has 0 radical (unpaired) electrons. The number of rotatable bonds is 9. The molecule has 14 heteroatoms. The molecule has 0 bridgehead atoms. The number of carbonyl (C=O) groups excluding carboxylic acids is 1. The van der Waals surface area contributed by atoms with Crippen LogP contribution >= 0.6 is 0 Å². The number of benzene rings is 4. The summed E-state index contributed by atoms with van der Waals surface area (Å²) in [5, 5.41) is 2.76. The number of nitrogens with zero attached hydrogens (tertiary/aromatic N) is 2. The second kappa shape index (κ2) is 12.1. The fraction of sp³-hybridized carbons (Fsp3) is 0.152. The molecule has 0 spiro atoms. The summed E-state index contributed by atoms with van der Waals surface area (Å²) < 4.78 is 99.8. The molecule has 2 aromatic heterocycles. The lowest BCUT2D eigenvalue weighted by atomic mass is 9.97. The number of halogens is 4. The monoisotopic (exact) mass is 667 g/mol. The van der Waals surface area contributed by atoms with E-state index in [1.807, 2.05) is 0 Å². The van der Waals surface area contributed by atoms with Crippen LogP contribution in [0.4, 0.5) is 23.2 Å². The number of alkyl halides is 2. The van der Waals surface area contributed by atoms with Crippen molar-refractivity contribution in [3.63, 3.8) is 0 Å². The van der Waals surface area contributed by atoms with Gasteiger partial charge in [-0.3, -0.25) is 9.10 Å². The van der Waals surface area contributed by atoms with Crippen molar-refractivity contribution in [1.29, 1.82) is 0 Å². The number of oxazole rings is 1. The number of ether oxygens (including phenoxy) is 1. The third-order valence-electron chi connectivity index (χ3n) is 7.45. The van der Waals surface area contributed by atoms with Crippen LogP contribution in [0.5, 0.6) is 5.75 Å². The Morgan fingerprint density at radius 1 is 0.957 bits per heavy atom. The van der Waals surface area contributed by atoms with E-state index in [4.69, 9.17) is 13.6 Å². The molecular formula is C33H25F4N3O6S. The van der Waals surface area contributed by atoms with E-state index >= 15 is 0 Å². The standard InChI is InChI=1S/C33H25F4N3O6S/c1-38-32(41)29-21-14-20(18-9-12-25(44-2)22(13-18)33-39-30-23(35)5-4-6-26(30)46-33)24(40(16-28(36)37)47(3,42)43)15-27(21)45-31(29)17-7-10-19(34)11-8-17/h4-15,28H,16H2,1-3H3,(H,38,41). The van der Waals surface area contributed by atoms with E-state index in [1.165, 1.54) is 80.9 Å². The minimum absolute atomic E-state index is 0.00718. The van der Waals surface area contributed by atoms with E-state index in [2.05, 4.69) is 10.3 Å². The highest BCUT2D eigenvalue weighted by Crippen LogP contribution is 2.44. The molecule has 1 amide bonds. The van der Waals surface area contributed by atoms with Crippen molar-refractivity contribution in [3.05, 3.63) is 90.0 Å². The molecule has 4 aromatic carbocycles. The second-order valence-electron chi connectivity index (χ2n) is 10.5. The number of hydrogen-bond acceptors (Lipinski definition) is 7. The van der Waals surface area contributed by atoms with Crippen molar-refractivity contribution < 1.29 is 44.3 Å². The third kappa shape index (κ3) is 5.87. The molecule has 2 heterocycles. The zero-order chi connectivity index (χ0) is 33.6. The molecule has 47 heavy (non-hydrogen) atoms. The Bertz CT molecular complexity index is 2270. The van der Waals surface area contributed by atoms with Crippen molar-refractivity contribution in [1.82, 2.24) is 10.3 Å². The summed E-state index contributed by atoms with van der Waals surface area (Å²) in [6.07, 6.45) is -2.26. The number of para-hydroxylation sites is 1. The lowest BCUT2D eigenvalue weighted by molar-refractivity contribution is 0.0964. The van der Waals surface area contributed by atoms with Gasteiger partial charge in [0.15, 0.2) is 11.4 Å². The van der Waals surface area contributed by atoms with Crippen LogP contribution in [0.2, 0.25) is 0 Å². The highest BCUT2D eigenvalue weighted by Gasteiger charge is 2.29. The molecule has 0 atom stereocenters. The smallest absolute Gasteiger partial charge is 0.257 e. The van der Waals surface area contributed by atoms with Gasteiger partial charge in [-0.25, -0.2) is 31.0 Å². The maximum atomic E-state index is 14.5. The minimum atomic E-state index is -4.30. The third-order valence-corrected chi connectivity index (χ3v) is 8.60. The number of carbonyl (C=O) groups is 1. The number of amides is 1. The molecule has 0 saturated carbocycles. The van der Waals surface area contributed by atoms with Gasteiger partial charge in [-0.05, 0) is 60.2 Å². The molecule has 0 aliphatic rings. The van der Waals surface area contributed by atoms with Gasteiger partial charge in [0.05, 0.1) is 36.7 Å². The molecule has 6 aromatic rings. The number of aromatic nitrogens is 1. The van der Waals surface area contributed by atoms with Crippen molar-refractivity contribution in [2.75, 3.05) is 31.3 Å². The number of methoxy groups -OCH3 is 1. The average molecular weight is 668 g/mol. The Hall–Kier alpha value is -5.37. The molecule has 9 nitrogen and oxygen atoms in total. The van der Waals surface area contributed by atoms with E-state index < -0.39 is 40.5 Å². The quantitative estimate of drug-likeness (QED) is 0.162. The van der Waals surface area contributed by atoms with Crippen molar-refractivity contribution in [2.45, 2.75) is 6.43 Å². The van der Waals surface area contributed by atoms with E-state index in [0.717, 1.165) is 6.26 Å². The van der Waals surface area contributed by atoms with Gasteiger partial charge >= 0.3 is 0 Å². The summed E-state index contributed by atoms with van der Waals surface area (Å²) in [5.74, 6) is -1.42. The molecule has 0 aliphatic carbocycles. The molecule has 242 valence electrons. The van der Waals surface area contributed by atoms with Crippen LogP contribution in [0.3, 0.4) is 0 Å². The fourth-order valence-corrected chi connectivity index (χ4v) is 6.23. The Balaban J connectivity index is 1.67. The maximum absolute atomic E-state index is 14.5. The SMILES string of the molecule is CNC(=O)c1c(-c2ccc(F)cc2)oc2cc(N(CC(F)F)S(C)(=O)=O)c(-c3ccc(OC)c(-c4nc5c(F)cccc5o4)c3)cc12. The van der Waals surface area contributed by atoms with E-state index in [1.54, 1.807) is 6.07 Å². The molecule has 0 aliphatic heterocycles. The Morgan fingerprint density at radius 2 is 1.68 bits per heavy atom. The predicted molar refractivity (Wildman–Crippen MR) is 168 cm³/mol. The normalized spacial score (nSPS) is 11.8. The largest absolute Gasteiger partial charge is 0.496 e. The number of sulfonamides is 1. The van der Waals surface area contributed by atoms with Crippen LogP contribution in [-0.2, 0) is 10.0 Å². The molecule has 1 N–H and O–H groups in total. The highest BCUT2D eigenvalue weighted by atomic mass is 32.2. The van der Waals surface area contributed by atoms with Crippen LogP contribution in [-0.4, -0.2) is 52.7 Å². The predicted octanol–water partition coefficient (Wildman–Crippen LogP) is 7.25. The van der Waals surface area contributed by atoms with Crippen LogP contribution in [0, 0.1) is 11.6 Å². The van der Waals surface area contributed by atoms with Crippen LogP contribution in [0.15, 0.2) is 81.6 Å². The van der Waals surface area contributed by atoms with Gasteiger partial charge in [-0.2, -0.15) is 0 Å². The van der Waals surface area contributed by atoms with Gasteiger partial charge in [0.1, 0.15) is 28.4 Å². The molecule has 0 unspecified atom stereocenters. The number of furan rings is 1. The van der Waals surface area contributed by atoms with Crippen molar-refractivity contribution in [2.24, 2.45) is 0 Å². The summed E-state index contributed by atoms with van der Waals surface area (Å²) in [6, 6.07) is 16.7. The van der Waals surface area contributed by atoms with Gasteiger partial charge in [0.25, 0.3) is 12.3 Å². The van der Waals surface area contributed by atoms with Gasteiger partial charge in [0.2, 0.25) is 15.9 Å². The zero-order valence-electron chi connectivity index (χ0n) is 25.0. The van der Waals surface area contributed by atoms with Crippen LogP contribution in [0.25, 0.3) is 56.0 Å². The van der Waals surface area contributed by atoms with E-state index in [-0.39, 0.29) is 67.4 Å². The molecule has 0 fully saturated rings. The van der Waals surface area contributed by atoms with Crippen molar-refractivity contribution >= 4 is 43.7 Å². The Morgan fingerprint density at radius 3 is 2.32 bits per heavy atom. The van der Waals surface area contributed by atoms with Crippen LogP contribution < -0.4 is 14.4 Å². The number of fused-ring (bicyclic) bond motifs is 2. The minimum Gasteiger partial charge on any atom is -0.496 e. The maximum Gasteiger partial charge on any atom is 0.257 e. The summed E-state index contributed by atoms with van der Waals surface area (Å²) >= 11 is 0. The first-order valence-electron chi connectivity index (χ1n) is 14.0. The van der Waals surface area contributed by atoms with Gasteiger partial charge in [-0.15, -0.1) is 0 Å². The first kappa shape index (κ1) is 31.6. The number of anilines is 1. The first-order chi connectivity index (χ1) is 22.4. The number of nitrogens with one attached hydrogen (secondary N) is 1. The zero-order valence-corrected chi connectivity index (χ0v) is 25.8. The molecular weight excluding hydrogens is 642 g/mol. The topological polar surface area (TPSA) is 115 Å². The van der Waals surface area contributed by atoms with Gasteiger partial charge in [-0.1, -0.05) is 12.1 Å². The van der Waals surface area contributed by atoms with Gasteiger partial charge in [0, 0.05) is 29.6 Å². The lowest BCUT2D eigenvalue weighted by Gasteiger charge is -2.25. The Kier molecular flexibility index (Phi) is 8.13. The summed E-state index contributed by atoms with van der Waals surface area (Å²) in [4.78, 5) is 17.5. The summed E-state index contributed by atoms with van der Waals surface area (Å²) in [6.45, 7) is -1.18. The lowest BCUT2D eigenvalue weighted by Crippen LogP contribution is -2.34. The fourth-order valence-electron chi connectivity index (χ4n) is 5.34. The van der Waals surface area contributed by atoms with E-state index in [9.17, 15) is 30.8 Å². The summed E-state index contributed by atoms with van der Waals surface area (Å²) in [7, 11) is -1.50. The highest BCUT2D eigenvalue weighted by molar-refractivity contribution is 7.92. The van der Waals surface area contributed by atoms with Crippen LogP contribution in [0.1, 0.15) is 10.4 Å². The first-order valence-corrected chi connectivity index (χ1v) is 15.8. The second-order valence-corrected chi connectivity index (χ2v) is 12.4. The molecule has 0 saturated heterocycles. The van der Waals surface area contributed by atoms with Gasteiger partial charge < -0.3 is 18.9 Å². The summed E-state index contributed by atoms with van der Waals surface area (Å²) in [5.41, 5.74) is 1.00. The molecule has 6 rings (SSSR count).